The van der Waals surface area contributed by atoms with E-state index in [0.717, 1.165) is 52.4 Å². The van der Waals surface area contributed by atoms with Crippen LogP contribution in [0.3, 0.4) is 0 Å². The van der Waals surface area contributed by atoms with E-state index in [-0.39, 0.29) is 5.91 Å². The Morgan fingerprint density at radius 1 is 1.18 bits per heavy atom. The summed E-state index contributed by atoms with van der Waals surface area (Å²) in [5.41, 5.74) is 6.20. The number of aromatic nitrogens is 2. The fraction of sp³-hybridized carbons (Fsp3) is 0.259. The zero-order valence-electron chi connectivity index (χ0n) is 19.2. The zero-order chi connectivity index (χ0) is 23.7. The Balaban J connectivity index is 1.30. The monoisotopic (exact) mass is 491 g/mol. The largest absolute Gasteiger partial charge is 0.455 e. The van der Waals surface area contributed by atoms with Crippen LogP contribution in [0.4, 0.5) is 0 Å². The number of furan rings is 1. The summed E-state index contributed by atoms with van der Waals surface area (Å²) in [5, 5.41) is 8.58. The number of nitrogens with zero attached hydrogens (tertiary/aromatic N) is 2. The summed E-state index contributed by atoms with van der Waals surface area (Å²) < 4.78 is 7.99. The van der Waals surface area contributed by atoms with Gasteiger partial charge in [-0.3, -0.25) is 9.48 Å². The number of benzene rings is 2. The first-order chi connectivity index (χ1) is 16.5. The molecule has 34 heavy (non-hydrogen) atoms. The van der Waals surface area contributed by atoms with Crippen LogP contribution < -0.4 is 5.32 Å². The van der Waals surface area contributed by atoms with E-state index in [2.05, 4.69) is 42.0 Å². The van der Waals surface area contributed by atoms with Gasteiger partial charge < -0.3 is 9.73 Å². The Bertz CT molecular complexity index is 1340. The summed E-state index contributed by atoms with van der Waals surface area (Å²) in [4.78, 5) is 14.2. The predicted octanol–water partition coefficient (Wildman–Crippen LogP) is 5.95. The molecule has 0 bridgehead atoms. The van der Waals surface area contributed by atoms with Crippen molar-refractivity contribution < 1.29 is 9.21 Å². The van der Waals surface area contributed by atoms with Crippen LogP contribution in [0.5, 0.6) is 0 Å². The highest BCUT2D eigenvalue weighted by Crippen LogP contribution is 2.38. The summed E-state index contributed by atoms with van der Waals surface area (Å²) in [6.45, 7) is 3.15. The fourth-order valence-corrected chi connectivity index (χ4v) is 5.10. The number of thioether (sulfide) groups is 1. The SMILES string of the molecule is CSc1ccc(CCNC(=O)c2oc3c(c2C)-c2nn(Cc4cccc(Cl)c4)cc2CC3)cc1. The van der Waals surface area contributed by atoms with Gasteiger partial charge in [-0.05, 0) is 67.0 Å². The van der Waals surface area contributed by atoms with Crippen molar-refractivity contribution in [2.24, 2.45) is 0 Å². The highest BCUT2D eigenvalue weighted by Gasteiger charge is 2.29. The van der Waals surface area contributed by atoms with E-state index < -0.39 is 0 Å². The lowest BCUT2D eigenvalue weighted by atomic mass is 9.93. The average molecular weight is 492 g/mol. The topological polar surface area (TPSA) is 60.1 Å². The molecule has 0 saturated heterocycles. The lowest BCUT2D eigenvalue weighted by Crippen LogP contribution is -2.25. The fourth-order valence-electron chi connectivity index (χ4n) is 4.48. The van der Waals surface area contributed by atoms with Gasteiger partial charge in [0.2, 0.25) is 0 Å². The molecule has 0 spiro atoms. The number of rotatable bonds is 7. The molecule has 5 rings (SSSR count). The summed E-state index contributed by atoms with van der Waals surface area (Å²) in [5.74, 6) is 1.06. The Morgan fingerprint density at radius 2 is 2.00 bits per heavy atom. The van der Waals surface area contributed by atoms with Gasteiger partial charge in [0.15, 0.2) is 5.76 Å². The number of carbonyl (C=O) groups excluding carboxylic acids is 1. The number of amides is 1. The summed E-state index contributed by atoms with van der Waals surface area (Å²) >= 11 is 7.86. The minimum Gasteiger partial charge on any atom is -0.455 e. The normalized spacial score (nSPS) is 12.3. The van der Waals surface area contributed by atoms with Crippen LogP contribution in [0.1, 0.15) is 38.6 Å². The highest BCUT2D eigenvalue weighted by molar-refractivity contribution is 7.98. The molecule has 1 aliphatic carbocycles. The Hall–Kier alpha value is -2.96. The standard InChI is InChI=1S/C27H26ClN3O2S/c1-17-24-23(33-26(17)27(32)29-13-12-18-6-9-22(34-2)10-7-18)11-8-20-16-31(30-25(20)24)15-19-4-3-5-21(28)14-19/h3-7,9-10,14,16H,8,11-13,15H2,1-2H3,(H,29,32). The van der Waals surface area contributed by atoms with Gasteiger partial charge in [0.25, 0.3) is 5.91 Å². The van der Waals surface area contributed by atoms with Gasteiger partial charge in [0.1, 0.15) is 5.76 Å². The predicted molar refractivity (Wildman–Crippen MR) is 137 cm³/mol. The maximum Gasteiger partial charge on any atom is 0.287 e. The molecule has 2 aromatic carbocycles. The minimum atomic E-state index is -0.174. The molecule has 2 aromatic heterocycles. The van der Waals surface area contributed by atoms with Crippen LogP contribution in [-0.4, -0.2) is 28.5 Å². The highest BCUT2D eigenvalue weighted by atomic mass is 35.5. The number of halogens is 1. The molecule has 174 valence electrons. The maximum absolute atomic E-state index is 12.9. The Morgan fingerprint density at radius 3 is 2.76 bits per heavy atom. The molecule has 0 radical (unpaired) electrons. The van der Waals surface area contributed by atoms with Crippen molar-refractivity contribution in [2.75, 3.05) is 12.8 Å². The van der Waals surface area contributed by atoms with E-state index in [4.69, 9.17) is 21.1 Å². The second kappa shape index (κ2) is 9.72. The maximum atomic E-state index is 12.9. The van der Waals surface area contributed by atoms with E-state index in [1.54, 1.807) is 11.8 Å². The van der Waals surface area contributed by atoms with Crippen molar-refractivity contribution in [3.8, 4) is 11.3 Å². The molecule has 0 saturated carbocycles. The molecule has 1 N–H and O–H groups in total. The van der Waals surface area contributed by atoms with Crippen molar-refractivity contribution in [2.45, 2.75) is 37.6 Å². The molecular weight excluding hydrogens is 466 g/mol. The van der Waals surface area contributed by atoms with Crippen LogP contribution >= 0.6 is 23.4 Å². The first kappa shape index (κ1) is 22.8. The number of aryl methyl sites for hydroxylation is 2. The van der Waals surface area contributed by atoms with Crippen LogP contribution in [-0.2, 0) is 25.8 Å². The number of fused-ring (bicyclic) bond motifs is 3. The van der Waals surface area contributed by atoms with E-state index >= 15 is 0 Å². The number of nitrogens with one attached hydrogen (secondary N) is 1. The number of hydrogen-bond donors (Lipinski definition) is 1. The van der Waals surface area contributed by atoms with Gasteiger partial charge in [-0.25, -0.2) is 0 Å². The first-order valence-electron chi connectivity index (χ1n) is 11.4. The lowest BCUT2D eigenvalue weighted by Gasteiger charge is -2.09. The van der Waals surface area contributed by atoms with Crippen molar-refractivity contribution in [1.29, 1.82) is 0 Å². The van der Waals surface area contributed by atoms with Gasteiger partial charge >= 0.3 is 0 Å². The molecule has 0 atom stereocenters. The van der Waals surface area contributed by atoms with Crippen molar-refractivity contribution >= 4 is 29.3 Å². The van der Waals surface area contributed by atoms with Gasteiger partial charge in [-0.15, -0.1) is 11.8 Å². The molecule has 1 aliphatic rings. The molecule has 0 aliphatic heterocycles. The van der Waals surface area contributed by atoms with Crippen molar-refractivity contribution in [1.82, 2.24) is 15.1 Å². The van der Waals surface area contributed by atoms with Gasteiger partial charge in [-0.1, -0.05) is 35.9 Å². The first-order valence-corrected chi connectivity index (χ1v) is 13.0. The van der Waals surface area contributed by atoms with E-state index in [9.17, 15) is 4.79 Å². The smallest absolute Gasteiger partial charge is 0.287 e. The van der Waals surface area contributed by atoms with Crippen molar-refractivity contribution in [3.05, 3.63) is 93.5 Å². The molecule has 0 unspecified atom stereocenters. The van der Waals surface area contributed by atoms with Crippen LogP contribution in [0, 0.1) is 6.92 Å². The van der Waals surface area contributed by atoms with Gasteiger partial charge in [0.05, 0.1) is 12.2 Å². The van der Waals surface area contributed by atoms with E-state index in [0.29, 0.717) is 18.8 Å². The third-order valence-corrected chi connectivity index (χ3v) is 7.19. The lowest BCUT2D eigenvalue weighted by molar-refractivity contribution is 0.0924. The van der Waals surface area contributed by atoms with Crippen molar-refractivity contribution in [3.63, 3.8) is 0 Å². The third kappa shape index (κ3) is 4.65. The van der Waals surface area contributed by atoms with E-state index in [1.807, 2.05) is 35.9 Å². The van der Waals surface area contributed by atoms with E-state index in [1.165, 1.54) is 16.0 Å². The summed E-state index contributed by atoms with van der Waals surface area (Å²) in [6.07, 6.45) is 6.54. The molecule has 2 heterocycles. The van der Waals surface area contributed by atoms with Crippen LogP contribution in [0.2, 0.25) is 5.02 Å². The quantitative estimate of drug-likeness (QED) is 0.325. The summed E-state index contributed by atoms with van der Waals surface area (Å²) in [6, 6.07) is 16.2. The number of carbonyl (C=O) groups is 1. The molecule has 0 fully saturated rings. The van der Waals surface area contributed by atoms with Gasteiger partial charge in [-0.2, -0.15) is 5.10 Å². The van der Waals surface area contributed by atoms with Crippen LogP contribution in [0.25, 0.3) is 11.3 Å². The zero-order valence-corrected chi connectivity index (χ0v) is 20.8. The Kier molecular flexibility index (Phi) is 6.53. The third-order valence-electron chi connectivity index (χ3n) is 6.21. The molecule has 4 aromatic rings. The molecule has 1 amide bonds. The van der Waals surface area contributed by atoms with Crippen LogP contribution in [0.15, 0.2) is 64.0 Å². The average Bonchev–Trinajstić information content (AvgIpc) is 3.39. The summed E-state index contributed by atoms with van der Waals surface area (Å²) in [7, 11) is 0. The second-order valence-electron chi connectivity index (χ2n) is 8.54. The number of hydrogen-bond acceptors (Lipinski definition) is 4. The van der Waals surface area contributed by atoms with Gasteiger partial charge in [0, 0.05) is 40.2 Å². The minimum absolute atomic E-state index is 0.174. The second-order valence-corrected chi connectivity index (χ2v) is 9.85. The molecule has 7 heteroatoms. The molecule has 5 nitrogen and oxygen atoms in total. The molecular formula is C27H26ClN3O2S. The Labute approximate surface area is 208 Å².